The zero-order valence-corrected chi connectivity index (χ0v) is 7.68. The van der Waals surface area contributed by atoms with Gasteiger partial charge in [-0.05, 0) is 17.5 Å². The monoisotopic (exact) mass is 195 g/mol. The van der Waals surface area contributed by atoms with Gasteiger partial charge in [-0.3, -0.25) is 0 Å². The standard InChI is InChI=1S/C7H5N3S2/c1-2-6(11-4-1)9-10-7-8-3-5-12-7/h1-5H/b10-9+. The summed E-state index contributed by atoms with van der Waals surface area (Å²) in [6.45, 7) is 0. The molecule has 0 saturated heterocycles. The van der Waals surface area contributed by atoms with Gasteiger partial charge < -0.3 is 0 Å². The van der Waals surface area contributed by atoms with Gasteiger partial charge in [-0.25, -0.2) is 4.98 Å². The molecule has 0 saturated carbocycles. The predicted molar refractivity (Wildman–Crippen MR) is 50.6 cm³/mol. The molecule has 60 valence electrons. The van der Waals surface area contributed by atoms with Crippen LogP contribution < -0.4 is 0 Å². The lowest BCUT2D eigenvalue weighted by molar-refractivity contribution is 1.21. The number of nitrogens with zero attached hydrogens (tertiary/aromatic N) is 3. The van der Waals surface area contributed by atoms with Crippen molar-refractivity contribution in [1.82, 2.24) is 4.98 Å². The molecule has 2 aromatic heterocycles. The van der Waals surface area contributed by atoms with Gasteiger partial charge in [0.05, 0.1) is 0 Å². The predicted octanol–water partition coefficient (Wildman–Crippen LogP) is 3.62. The van der Waals surface area contributed by atoms with Gasteiger partial charge in [0.2, 0.25) is 5.13 Å². The highest BCUT2D eigenvalue weighted by Crippen LogP contribution is 2.23. The third-order valence-corrected chi connectivity index (χ3v) is 2.57. The molecule has 2 rings (SSSR count). The second-order valence-electron chi connectivity index (χ2n) is 1.97. The molecule has 5 heteroatoms. The van der Waals surface area contributed by atoms with Gasteiger partial charge in [0.1, 0.15) is 5.00 Å². The number of azo groups is 1. The zero-order chi connectivity index (χ0) is 8.23. The third kappa shape index (κ3) is 1.75. The quantitative estimate of drug-likeness (QED) is 0.674. The van der Waals surface area contributed by atoms with Crippen LogP contribution in [0.3, 0.4) is 0 Å². The molecule has 0 radical (unpaired) electrons. The fraction of sp³-hybridized carbons (Fsp3) is 0. The second-order valence-corrected chi connectivity index (χ2v) is 3.77. The first-order valence-corrected chi connectivity index (χ1v) is 5.06. The maximum Gasteiger partial charge on any atom is 0.229 e. The molecule has 0 aliphatic carbocycles. The number of thiazole rings is 1. The van der Waals surface area contributed by atoms with Crippen molar-refractivity contribution in [3.8, 4) is 0 Å². The van der Waals surface area contributed by atoms with Gasteiger partial charge in [-0.2, -0.15) is 0 Å². The van der Waals surface area contributed by atoms with Crippen LogP contribution in [-0.4, -0.2) is 4.98 Å². The lowest BCUT2D eigenvalue weighted by Crippen LogP contribution is -1.54. The van der Waals surface area contributed by atoms with E-state index >= 15 is 0 Å². The highest BCUT2D eigenvalue weighted by Gasteiger charge is 1.91. The molecule has 0 aliphatic heterocycles. The zero-order valence-electron chi connectivity index (χ0n) is 6.04. The Morgan fingerprint density at radius 2 is 2.17 bits per heavy atom. The molecule has 0 spiro atoms. The Morgan fingerprint density at radius 3 is 2.83 bits per heavy atom. The Hall–Kier alpha value is -1.07. The van der Waals surface area contributed by atoms with Crippen molar-refractivity contribution in [2.24, 2.45) is 10.2 Å². The van der Waals surface area contributed by atoms with Gasteiger partial charge in [0.15, 0.2) is 0 Å². The largest absolute Gasteiger partial charge is 0.229 e. The van der Waals surface area contributed by atoms with Crippen LogP contribution in [0, 0.1) is 0 Å². The normalized spacial score (nSPS) is 11.0. The summed E-state index contributed by atoms with van der Waals surface area (Å²) < 4.78 is 0. The minimum absolute atomic E-state index is 0.698. The number of thiophene rings is 1. The van der Waals surface area contributed by atoms with Crippen LogP contribution in [0.5, 0.6) is 0 Å². The summed E-state index contributed by atoms with van der Waals surface area (Å²) in [5, 5.41) is 13.4. The molecular weight excluding hydrogens is 190 g/mol. The van der Waals surface area contributed by atoms with E-state index in [2.05, 4.69) is 15.2 Å². The minimum atomic E-state index is 0.698. The maximum atomic E-state index is 4.00. The van der Waals surface area contributed by atoms with Crippen LogP contribution in [0.1, 0.15) is 0 Å². The summed E-state index contributed by atoms with van der Waals surface area (Å²) in [6.07, 6.45) is 1.72. The molecule has 3 nitrogen and oxygen atoms in total. The molecule has 2 heterocycles. The Bertz CT molecular complexity index is 314. The van der Waals surface area contributed by atoms with E-state index in [1.807, 2.05) is 22.9 Å². The van der Waals surface area contributed by atoms with E-state index in [0.717, 1.165) is 5.00 Å². The van der Waals surface area contributed by atoms with Crippen molar-refractivity contribution in [2.45, 2.75) is 0 Å². The summed E-state index contributed by atoms with van der Waals surface area (Å²) in [4.78, 5) is 3.98. The third-order valence-electron chi connectivity index (χ3n) is 1.16. The van der Waals surface area contributed by atoms with Crippen molar-refractivity contribution in [3.05, 3.63) is 29.1 Å². The SMILES string of the molecule is c1csc(/N=N/c2nccs2)c1. The van der Waals surface area contributed by atoms with Crippen LogP contribution in [0.25, 0.3) is 0 Å². The van der Waals surface area contributed by atoms with Crippen LogP contribution in [0.2, 0.25) is 0 Å². The lowest BCUT2D eigenvalue weighted by Gasteiger charge is -1.80. The van der Waals surface area contributed by atoms with Gasteiger partial charge in [-0.1, -0.05) is 0 Å². The van der Waals surface area contributed by atoms with Crippen LogP contribution >= 0.6 is 22.7 Å². The van der Waals surface area contributed by atoms with Crippen LogP contribution in [-0.2, 0) is 0 Å². The number of hydrogen-bond acceptors (Lipinski definition) is 5. The number of hydrogen-bond donors (Lipinski definition) is 0. The molecule has 0 amide bonds. The Morgan fingerprint density at radius 1 is 1.17 bits per heavy atom. The van der Waals surface area contributed by atoms with Crippen molar-refractivity contribution in [3.63, 3.8) is 0 Å². The molecule has 0 bridgehead atoms. The molecular formula is C7H5N3S2. The molecule has 0 atom stereocenters. The smallest absolute Gasteiger partial charge is 0.226 e. The Balaban J connectivity index is 2.14. The van der Waals surface area contributed by atoms with Gasteiger partial charge >= 0.3 is 0 Å². The number of rotatable bonds is 2. The van der Waals surface area contributed by atoms with E-state index in [4.69, 9.17) is 0 Å². The maximum absolute atomic E-state index is 4.00. The first-order valence-electron chi connectivity index (χ1n) is 3.30. The first kappa shape index (κ1) is 7.57. The van der Waals surface area contributed by atoms with Gasteiger partial charge in [0.25, 0.3) is 0 Å². The lowest BCUT2D eigenvalue weighted by atomic mass is 10.6. The topological polar surface area (TPSA) is 37.6 Å². The second kappa shape index (κ2) is 3.55. The average molecular weight is 195 g/mol. The average Bonchev–Trinajstić information content (AvgIpc) is 2.74. The van der Waals surface area contributed by atoms with E-state index in [9.17, 15) is 0 Å². The van der Waals surface area contributed by atoms with E-state index in [1.165, 1.54) is 11.3 Å². The molecule has 0 aliphatic rings. The Labute approximate surface area is 77.4 Å². The first-order chi connectivity index (χ1) is 5.95. The minimum Gasteiger partial charge on any atom is -0.226 e. The summed E-state index contributed by atoms with van der Waals surface area (Å²) in [7, 11) is 0. The summed E-state index contributed by atoms with van der Waals surface area (Å²) in [5.41, 5.74) is 0. The molecule has 0 unspecified atom stereocenters. The summed E-state index contributed by atoms with van der Waals surface area (Å²) >= 11 is 3.04. The van der Waals surface area contributed by atoms with Crippen LogP contribution in [0.15, 0.2) is 39.3 Å². The van der Waals surface area contributed by atoms with E-state index in [0.29, 0.717) is 5.13 Å². The fourth-order valence-corrected chi connectivity index (χ4v) is 1.68. The number of aromatic nitrogens is 1. The molecule has 2 aromatic rings. The summed E-state index contributed by atoms with van der Waals surface area (Å²) in [5.74, 6) is 0. The highest BCUT2D eigenvalue weighted by atomic mass is 32.1. The van der Waals surface area contributed by atoms with E-state index < -0.39 is 0 Å². The van der Waals surface area contributed by atoms with Gasteiger partial charge in [-0.15, -0.1) is 32.9 Å². The summed E-state index contributed by atoms with van der Waals surface area (Å²) in [6, 6.07) is 3.86. The molecule has 0 aromatic carbocycles. The molecule has 12 heavy (non-hydrogen) atoms. The molecule has 0 fully saturated rings. The van der Waals surface area contributed by atoms with Crippen LogP contribution in [0.4, 0.5) is 10.1 Å². The van der Waals surface area contributed by atoms with Crippen molar-refractivity contribution < 1.29 is 0 Å². The fourth-order valence-electron chi connectivity index (χ4n) is 0.684. The van der Waals surface area contributed by atoms with Crippen molar-refractivity contribution in [1.29, 1.82) is 0 Å². The highest BCUT2D eigenvalue weighted by molar-refractivity contribution is 7.14. The van der Waals surface area contributed by atoms with E-state index in [1.54, 1.807) is 17.5 Å². The van der Waals surface area contributed by atoms with E-state index in [-0.39, 0.29) is 0 Å². The Kier molecular flexibility index (Phi) is 2.24. The molecule has 0 N–H and O–H groups in total. The van der Waals surface area contributed by atoms with Crippen molar-refractivity contribution >= 4 is 32.8 Å². The van der Waals surface area contributed by atoms with Gasteiger partial charge in [0, 0.05) is 11.6 Å². The van der Waals surface area contributed by atoms with Crippen molar-refractivity contribution in [2.75, 3.05) is 0 Å².